The molecule has 2 bridgehead atoms. The summed E-state index contributed by atoms with van der Waals surface area (Å²) in [5, 5.41) is 5.96. The summed E-state index contributed by atoms with van der Waals surface area (Å²) < 4.78 is 15.3. The molecular weight excluding hydrogens is 431 g/mol. The molecule has 2 amide bonds. The number of aromatic nitrogens is 2. The van der Waals surface area contributed by atoms with E-state index in [2.05, 4.69) is 32.3 Å². The molecular formula is C27H27FN4O2. The molecule has 1 unspecified atom stereocenters. The molecule has 7 heteroatoms. The molecule has 1 atom stereocenters. The highest BCUT2D eigenvalue weighted by atomic mass is 19.1. The molecule has 6 nitrogen and oxygen atoms in total. The number of fused-ring (bicyclic) bond motifs is 6. The number of carbonyl (C=O) groups excluding carboxylic acids is 2. The Morgan fingerprint density at radius 1 is 1.00 bits per heavy atom. The average molecular weight is 459 g/mol. The number of amides is 2. The number of nitrogens with zero attached hydrogens (tertiary/aromatic N) is 2. The van der Waals surface area contributed by atoms with Crippen LogP contribution in [0.1, 0.15) is 56.6 Å². The summed E-state index contributed by atoms with van der Waals surface area (Å²) in [6, 6.07) is 13.8. The highest BCUT2D eigenvalue weighted by molar-refractivity contribution is 5.90. The van der Waals surface area contributed by atoms with Crippen molar-refractivity contribution in [2.24, 2.45) is 5.41 Å². The maximum atomic E-state index is 13.7. The van der Waals surface area contributed by atoms with Crippen molar-refractivity contribution in [3.8, 4) is 11.3 Å². The third-order valence-corrected chi connectivity index (χ3v) is 8.29. The predicted molar refractivity (Wildman–Crippen MR) is 127 cm³/mol. The van der Waals surface area contributed by atoms with E-state index in [1.54, 1.807) is 12.1 Å². The van der Waals surface area contributed by atoms with Gasteiger partial charge in [0.1, 0.15) is 11.6 Å². The molecule has 4 aliphatic rings. The minimum Gasteiger partial charge on any atom is -0.332 e. The SMILES string of the molecule is O=C(Nc1ccc(F)cc1)NC12CCC(C(=O)CC3c4ccccc4-c4cncn43)(CC1)CC2. The molecule has 2 heterocycles. The highest BCUT2D eigenvalue weighted by Gasteiger charge is 2.53. The van der Waals surface area contributed by atoms with Gasteiger partial charge in [0.15, 0.2) is 0 Å². The number of hydrogen-bond acceptors (Lipinski definition) is 3. The lowest BCUT2D eigenvalue weighted by Crippen LogP contribution is -2.59. The molecule has 1 aliphatic heterocycles. The third kappa shape index (κ3) is 3.42. The van der Waals surface area contributed by atoms with Gasteiger partial charge in [0.2, 0.25) is 0 Å². The molecule has 1 aromatic heterocycles. The molecule has 34 heavy (non-hydrogen) atoms. The average Bonchev–Trinajstić information content (AvgIpc) is 3.44. The number of benzene rings is 2. The Hall–Kier alpha value is -3.48. The first-order valence-electron chi connectivity index (χ1n) is 12.0. The number of ketones is 1. The van der Waals surface area contributed by atoms with Gasteiger partial charge in [-0.25, -0.2) is 14.2 Å². The molecule has 0 saturated heterocycles. The quantitative estimate of drug-likeness (QED) is 0.533. The van der Waals surface area contributed by atoms with Crippen molar-refractivity contribution in [1.82, 2.24) is 14.9 Å². The third-order valence-electron chi connectivity index (χ3n) is 8.29. The van der Waals surface area contributed by atoms with Gasteiger partial charge in [-0.2, -0.15) is 0 Å². The van der Waals surface area contributed by atoms with E-state index < -0.39 is 0 Å². The summed E-state index contributed by atoms with van der Waals surface area (Å²) in [6.45, 7) is 0. The largest absolute Gasteiger partial charge is 0.332 e. The van der Waals surface area contributed by atoms with Crippen LogP contribution in [0.3, 0.4) is 0 Å². The molecule has 0 spiro atoms. The lowest BCUT2D eigenvalue weighted by Gasteiger charge is -2.53. The van der Waals surface area contributed by atoms with Crippen LogP contribution in [-0.2, 0) is 4.79 Å². The fraction of sp³-hybridized carbons (Fsp3) is 0.370. The molecule has 174 valence electrons. The lowest BCUT2D eigenvalue weighted by atomic mass is 9.55. The first kappa shape index (κ1) is 21.1. The number of halogens is 1. The Labute approximate surface area is 197 Å². The van der Waals surface area contributed by atoms with Crippen LogP contribution in [0.25, 0.3) is 11.3 Å². The lowest BCUT2D eigenvalue weighted by molar-refractivity contribution is -0.136. The maximum Gasteiger partial charge on any atom is 0.319 e. The van der Waals surface area contributed by atoms with Crippen molar-refractivity contribution in [3.63, 3.8) is 0 Å². The second-order valence-electron chi connectivity index (χ2n) is 10.1. The van der Waals surface area contributed by atoms with Gasteiger partial charge < -0.3 is 15.2 Å². The van der Waals surface area contributed by atoms with Crippen LogP contribution < -0.4 is 10.6 Å². The Kier molecular flexibility index (Phi) is 4.83. The van der Waals surface area contributed by atoms with Gasteiger partial charge in [-0.05, 0) is 68.4 Å². The van der Waals surface area contributed by atoms with Crippen LogP contribution in [0.2, 0.25) is 0 Å². The fourth-order valence-corrected chi connectivity index (χ4v) is 6.26. The smallest absolute Gasteiger partial charge is 0.319 e. The van der Waals surface area contributed by atoms with Crippen LogP contribution >= 0.6 is 0 Å². The second kappa shape index (κ2) is 7.79. The standard InChI is InChI=1S/C27H27FN4O2/c28-18-5-7-19(8-6-18)30-25(34)31-27-12-9-26(10-13-27,11-14-27)24(33)15-22-20-3-1-2-4-21(20)23-16-29-17-32(22)23/h1-8,16-17,22H,9-15H2,(H2,30,31,34). The van der Waals surface area contributed by atoms with Gasteiger partial charge in [0, 0.05) is 28.6 Å². The minimum atomic E-state index is -0.338. The number of imidazole rings is 1. The van der Waals surface area contributed by atoms with Gasteiger partial charge in [-0.15, -0.1) is 0 Å². The fourth-order valence-electron chi connectivity index (χ4n) is 6.26. The number of urea groups is 1. The summed E-state index contributed by atoms with van der Waals surface area (Å²) in [5.41, 5.74) is 3.43. The summed E-state index contributed by atoms with van der Waals surface area (Å²) in [5.74, 6) is -0.00612. The highest BCUT2D eigenvalue weighted by Crippen LogP contribution is 2.54. The number of rotatable bonds is 5. The molecule has 7 rings (SSSR count). The molecule has 3 saturated carbocycles. The van der Waals surface area contributed by atoms with E-state index in [0.29, 0.717) is 17.9 Å². The van der Waals surface area contributed by atoms with E-state index in [1.807, 2.05) is 24.7 Å². The van der Waals surface area contributed by atoms with E-state index >= 15 is 0 Å². The summed E-state index contributed by atoms with van der Waals surface area (Å²) in [4.78, 5) is 30.6. The number of nitrogens with one attached hydrogen (secondary N) is 2. The Morgan fingerprint density at radius 2 is 1.71 bits per heavy atom. The van der Waals surface area contributed by atoms with Crippen molar-refractivity contribution >= 4 is 17.5 Å². The van der Waals surface area contributed by atoms with Crippen LogP contribution in [0.4, 0.5) is 14.9 Å². The predicted octanol–water partition coefficient (Wildman–Crippen LogP) is 5.47. The van der Waals surface area contributed by atoms with Crippen molar-refractivity contribution < 1.29 is 14.0 Å². The molecule has 2 aromatic carbocycles. The van der Waals surface area contributed by atoms with Gasteiger partial charge in [-0.1, -0.05) is 24.3 Å². The molecule has 3 aromatic rings. The van der Waals surface area contributed by atoms with Gasteiger partial charge in [0.05, 0.1) is 24.3 Å². The zero-order valence-electron chi connectivity index (χ0n) is 18.9. The van der Waals surface area contributed by atoms with Crippen LogP contribution in [0.5, 0.6) is 0 Å². The molecule has 3 aliphatic carbocycles. The van der Waals surface area contributed by atoms with E-state index in [-0.39, 0.29) is 28.8 Å². The van der Waals surface area contributed by atoms with Crippen molar-refractivity contribution in [3.05, 3.63) is 72.4 Å². The normalized spacial score (nSPS) is 26.6. The number of Topliss-reactive ketones (excluding diaryl/α,β-unsaturated/α-hetero) is 1. The minimum absolute atomic E-state index is 0.00352. The van der Waals surface area contributed by atoms with E-state index in [9.17, 15) is 14.0 Å². The van der Waals surface area contributed by atoms with Crippen molar-refractivity contribution in [2.45, 2.75) is 56.5 Å². The zero-order chi connectivity index (χ0) is 23.3. The van der Waals surface area contributed by atoms with Crippen LogP contribution in [0.15, 0.2) is 61.1 Å². The topological polar surface area (TPSA) is 76.0 Å². The maximum absolute atomic E-state index is 13.7. The van der Waals surface area contributed by atoms with E-state index in [1.165, 1.54) is 17.7 Å². The van der Waals surface area contributed by atoms with Gasteiger partial charge in [0.25, 0.3) is 0 Å². The molecule has 0 radical (unpaired) electrons. The molecule has 2 N–H and O–H groups in total. The monoisotopic (exact) mass is 458 g/mol. The van der Waals surface area contributed by atoms with Gasteiger partial charge >= 0.3 is 6.03 Å². The number of anilines is 1. The van der Waals surface area contributed by atoms with E-state index in [0.717, 1.165) is 49.8 Å². The van der Waals surface area contributed by atoms with Gasteiger partial charge in [-0.3, -0.25) is 4.79 Å². The molecule has 3 fully saturated rings. The van der Waals surface area contributed by atoms with Crippen LogP contribution in [0, 0.1) is 11.2 Å². The summed E-state index contributed by atoms with van der Waals surface area (Å²) in [6.07, 6.45) is 8.98. The first-order chi connectivity index (χ1) is 16.5. The van der Waals surface area contributed by atoms with E-state index in [4.69, 9.17) is 0 Å². The van der Waals surface area contributed by atoms with Crippen molar-refractivity contribution in [2.75, 3.05) is 5.32 Å². The first-order valence-corrected chi connectivity index (χ1v) is 12.0. The Bertz CT molecular complexity index is 1240. The number of hydrogen-bond donors (Lipinski definition) is 2. The summed E-state index contributed by atoms with van der Waals surface area (Å²) in [7, 11) is 0. The number of carbonyl (C=O) groups is 2. The summed E-state index contributed by atoms with van der Waals surface area (Å²) >= 11 is 0. The zero-order valence-corrected chi connectivity index (χ0v) is 18.9. The van der Waals surface area contributed by atoms with Crippen molar-refractivity contribution in [1.29, 1.82) is 0 Å². The second-order valence-corrected chi connectivity index (χ2v) is 10.1. The van der Waals surface area contributed by atoms with Crippen LogP contribution in [-0.4, -0.2) is 26.9 Å². The Balaban J connectivity index is 1.12. The Morgan fingerprint density at radius 3 is 2.44 bits per heavy atom.